The van der Waals surface area contributed by atoms with Crippen LogP contribution in [0.3, 0.4) is 0 Å². The van der Waals surface area contributed by atoms with Gasteiger partial charge in [-0.05, 0) is 31.9 Å². The van der Waals surface area contributed by atoms with Gasteiger partial charge < -0.3 is 10.3 Å². The lowest BCUT2D eigenvalue weighted by atomic mass is 9.98. The Balaban J connectivity index is 1.88. The molecule has 0 unspecified atom stereocenters. The minimum Gasteiger partial charge on any atom is -0.334 e. The Kier molecular flexibility index (Phi) is 3.14. The minimum atomic E-state index is -0.443. The van der Waals surface area contributed by atoms with Crippen LogP contribution in [0.15, 0.2) is 28.8 Å². The molecule has 1 aliphatic carbocycles. The molecule has 104 valence electrons. The summed E-state index contributed by atoms with van der Waals surface area (Å²) in [7, 11) is 0. The molecule has 1 fully saturated rings. The summed E-state index contributed by atoms with van der Waals surface area (Å²) in [6, 6.07) is 7.14. The van der Waals surface area contributed by atoms with E-state index in [9.17, 15) is 4.79 Å². The van der Waals surface area contributed by atoms with Crippen molar-refractivity contribution in [3.05, 3.63) is 35.7 Å². The molecule has 0 spiro atoms. The summed E-state index contributed by atoms with van der Waals surface area (Å²) in [4.78, 5) is 15.7. The molecule has 1 saturated carbocycles. The second-order valence-electron chi connectivity index (χ2n) is 5.42. The predicted octanol–water partition coefficient (Wildman–Crippen LogP) is 2.67. The van der Waals surface area contributed by atoms with E-state index in [1.165, 1.54) is 6.92 Å². The Morgan fingerprint density at radius 2 is 1.90 bits per heavy atom. The van der Waals surface area contributed by atoms with Gasteiger partial charge >= 0.3 is 0 Å². The SMILES string of the molecule is CC(=O)c1ccc(-c2nc(C3(N)CCCC3)no2)cc1. The normalized spacial score (nSPS) is 17.3. The van der Waals surface area contributed by atoms with Crippen LogP contribution in [0, 0.1) is 0 Å². The number of Topliss-reactive ketones (excluding diaryl/α,β-unsaturated/α-hetero) is 1. The van der Waals surface area contributed by atoms with E-state index >= 15 is 0 Å². The van der Waals surface area contributed by atoms with Crippen molar-refractivity contribution in [3.8, 4) is 11.5 Å². The molecule has 0 aliphatic heterocycles. The number of carbonyl (C=O) groups excluding carboxylic acids is 1. The van der Waals surface area contributed by atoms with Crippen LogP contribution in [0.25, 0.3) is 11.5 Å². The fourth-order valence-electron chi connectivity index (χ4n) is 2.62. The van der Waals surface area contributed by atoms with Crippen molar-refractivity contribution in [2.45, 2.75) is 38.1 Å². The summed E-state index contributed by atoms with van der Waals surface area (Å²) >= 11 is 0. The lowest BCUT2D eigenvalue weighted by molar-refractivity contribution is 0.101. The lowest BCUT2D eigenvalue weighted by Crippen LogP contribution is -2.34. The number of nitrogens with zero attached hydrogens (tertiary/aromatic N) is 2. The maximum absolute atomic E-state index is 11.2. The first-order chi connectivity index (χ1) is 9.58. The van der Waals surface area contributed by atoms with Gasteiger partial charge in [0.15, 0.2) is 11.6 Å². The highest BCUT2D eigenvalue weighted by atomic mass is 16.5. The summed E-state index contributed by atoms with van der Waals surface area (Å²) in [6.07, 6.45) is 4.01. The first kappa shape index (κ1) is 13.0. The molecule has 20 heavy (non-hydrogen) atoms. The molecule has 5 heteroatoms. The number of aromatic nitrogens is 2. The Hall–Kier alpha value is -2.01. The fourth-order valence-corrected chi connectivity index (χ4v) is 2.62. The van der Waals surface area contributed by atoms with Gasteiger partial charge in [-0.2, -0.15) is 4.98 Å². The molecule has 2 aromatic rings. The Morgan fingerprint density at radius 3 is 2.50 bits per heavy atom. The molecule has 0 bridgehead atoms. The zero-order chi connectivity index (χ0) is 14.2. The third-order valence-electron chi connectivity index (χ3n) is 3.91. The lowest BCUT2D eigenvalue weighted by Gasteiger charge is -2.17. The second-order valence-corrected chi connectivity index (χ2v) is 5.42. The Bertz CT molecular complexity index is 625. The highest BCUT2D eigenvalue weighted by molar-refractivity contribution is 5.94. The van der Waals surface area contributed by atoms with Gasteiger partial charge in [-0.15, -0.1) is 0 Å². The number of rotatable bonds is 3. The van der Waals surface area contributed by atoms with Crippen molar-refractivity contribution in [2.24, 2.45) is 5.73 Å². The molecule has 0 saturated heterocycles. The van der Waals surface area contributed by atoms with E-state index in [-0.39, 0.29) is 5.78 Å². The minimum absolute atomic E-state index is 0.0367. The first-order valence-corrected chi connectivity index (χ1v) is 6.83. The maximum Gasteiger partial charge on any atom is 0.257 e. The molecule has 1 aromatic heterocycles. The van der Waals surface area contributed by atoms with E-state index in [2.05, 4.69) is 10.1 Å². The monoisotopic (exact) mass is 271 g/mol. The fraction of sp³-hybridized carbons (Fsp3) is 0.400. The van der Waals surface area contributed by atoms with Crippen LogP contribution < -0.4 is 5.73 Å². The van der Waals surface area contributed by atoms with E-state index < -0.39 is 5.54 Å². The summed E-state index contributed by atoms with van der Waals surface area (Å²) in [6.45, 7) is 1.54. The van der Waals surface area contributed by atoms with Crippen LogP contribution in [0.4, 0.5) is 0 Å². The van der Waals surface area contributed by atoms with Crippen molar-refractivity contribution in [2.75, 3.05) is 0 Å². The second kappa shape index (κ2) is 4.83. The molecule has 1 aliphatic rings. The number of hydrogen-bond donors (Lipinski definition) is 1. The maximum atomic E-state index is 11.2. The topological polar surface area (TPSA) is 82.0 Å². The van der Waals surface area contributed by atoms with E-state index in [0.29, 0.717) is 17.3 Å². The van der Waals surface area contributed by atoms with Crippen molar-refractivity contribution < 1.29 is 9.32 Å². The Morgan fingerprint density at radius 1 is 1.25 bits per heavy atom. The van der Waals surface area contributed by atoms with Gasteiger partial charge in [-0.1, -0.05) is 30.1 Å². The molecule has 0 atom stereocenters. The molecule has 0 amide bonds. The van der Waals surface area contributed by atoms with Crippen LogP contribution in [-0.2, 0) is 5.54 Å². The van der Waals surface area contributed by atoms with E-state index in [1.807, 2.05) is 12.1 Å². The van der Waals surface area contributed by atoms with Gasteiger partial charge in [0.1, 0.15) is 0 Å². The van der Waals surface area contributed by atoms with Gasteiger partial charge in [-0.25, -0.2) is 0 Å². The average molecular weight is 271 g/mol. The Labute approximate surface area is 117 Å². The standard InChI is InChI=1S/C15H17N3O2/c1-10(19)11-4-6-12(7-5-11)13-17-14(18-20-13)15(16)8-2-3-9-15/h4-7H,2-3,8-9,16H2,1H3. The van der Waals surface area contributed by atoms with Crippen LogP contribution >= 0.6 is 0 Å². The van der Waals surface area contributed by atoms with Crippen LogP contribution in [0.1, 0.15) is 48.8 Å². The summed E-state index contributed by atoms with van der Waals surface area (Å²) in [5, 5.41) is 4.03. The molecule has 1 aromatic carbocycles. The average Bonchev–Trinajstić information content (AvgIpc) is 3.08. The van der Waals surface area contributed by atoms with E-state index in [1.54, 1.807) is 12.1 Å². The number of hydrogen-bond acceptors (Lipinski definition) is 5. The zero-order valence-electron chi connectivity index (χ0n) is 11.4. The van der Waals surface area contributed by atoms with Crippen molar-refractivity contribution >= 4 is 5.78 Å². The number of carbonyl (C=O) groups is 1. The summed E-state index contributed by atoms with van der Waals surface area (Å²) in [5.74, 6) is 1.07. The summed E-state index contributed by atoms with van der Waals surface area (Å²) < 4.78 is 5.30. The number of benzene rings is 1. The largest absolute Gasteiger partial charge is 0.334 e. The molecule has 3 rings (SSSR count). The van der Waals surface area contributed by atoms with Gasteiger partial charge in [0, 0.05) is 11.1 Å². The van der Waals surface area contributed by atoms with E-state index in [0.717, 1.165) is 31.2 Å². The van der Waals surface area contributed by atoms with Crippen LogP contribution in [0.2, 0.25) is 0 Å². The molecule has 2 N–H and O–H groups in total. The highest BCUT2D eigenvalue weighted by Crippen LogP contribution is 2.35. The quantitative estimate of drug-likeness (QED) is 0.868. The molecule has 5 nitrogen and oxygen atoms in total. The number of ketones is 1. The number of nitrogens with two attached hydrogens (primary N) is 1. The van der Waals surface area contributed by atoms with Crippen molar-refractivity contribution in [1.82, 2.24) is 10.1 Å². The third kappa shape index (κ3) is 2.25. The smallest absolute Gasteiger partial charge is 0.257 e. The summed E-state index contributed by atoms with van der Waals surface area (Å²) in [5.41, 5.74) is 7.33. The van der Waals surface area contributed by atoms with Crippen molar-refractivity contribution in [3.63, 3.8) is 0 Å². The first-order valence-electron chi connectivity index (χ1n) is 6.83. The molecule has 1 heterocycles. The molecule has 0 radical (unpaired) electrons. The van der Waals surface area contributed by atoms with Crippen molar-refractivity contribution in [1.29, 1.82) is 0 Å². The van der Waals surface area contributed by atoms with Crippen LogP contribution in [-0.4, -0.2) is 15.9 Å². The van der Waals surface area contributed by atoms with Gasteiger partial charge in [0.05, 0.1) is 5.54 Å². The highest BCUT2D eigenvalue weighted by Gasteiger charge is 2.36. The predicted molar refractivity (Wildman–Crippen MR) is 74.1 cm³/mol. The molecular formula is C15H17N3O2. The van der Waals surface area contributed by atoms with Gasteiger partial charge in [-0.3, -0.25) is 4.79 Å². The molecular weight excluding hydrogens is 254 g/mol. The third-order valence-corrected chi connectivity index (χ3v) is 3.91. The van der Waals surface area contributed by atoms with E-state index in [4.69, 9.17) is 10.3 Å². The van der Waals surface area contributed by atoms with Gasteiger partial charge in [0.2, 0.25) is 0 Å². The van der Waals surface area contributed by atoms with Crippen LogP contribution in [0.5, 0.6) is 0 Å². The van der Waals surface area contributed by atoms with Gasteiger partial charge in [0.25, 0.3) is 5.89 Å². The zero-order valence-corrected chi connectivity index (χ0v) is 11.4.